The number of hydrogen-bond donors (Lipinski definition) is 0. The Kier molecular flexibility index (Phi) is 6.31. The topological polar surface area (TPSA) is 46.1 Å². The van der Waals surface area contributed by atoms with E-state index in [1.165, 1.54) is 0 Å². The van der Waals surface area contributed by atoms with Crippen LogP contribution in [-0.2, 0) is 0 Å². The third-order valence-electron chi connectivity index (χ3n) is 4.03. The van der Waals surface area contributed by atoms with Crippen molar-refractivity contribution in [1.29, 1.82) is 0 Å². The molecule has 0 saturated carbocycles. The van der Waals surface area contributed by atoms with Gasteiger partial charge in [0.05, 0.1) is 0 Å². The van der Waals surface area contributed by atoms with Crippen LogP contribution in [-0.4, -0.2) is 0 Å². The smallest absolute Gasteiger partial charge is 1.00 e. The number of halogens is 1. The van der Waals surface area contributed by atoms with Crippen LogP contribution < -0.4 is 34.2 Å². The van der Waals surface area contributed by atoms with Gasteiger partial charge in [-0.05, 0) is 32.7 Å². The van der Waals surface area contributed by atoms with E-state index in [2.05, 4.69) is 0 Å². The standard InChI is InChI=1S/C20H14O2.HI.La/c21-17-11-9-13-5-1-3-7-15(13)19(17)20-16-8-4-2-6-14(16)10-12-18(20)22;;/h1-12,21-22H;1H;/q;;+3/p-3. The van der Waals surface area contributed by atoms with Crippen molar-refractivity contribution >= 4 is 21.5 Å². The van der Waals surface area contributed by atoms with Gasteiger partial charge in [-0.3, -0.25) is 0 Å². The summed E-state index contributed by atoms with van der Waals surface area (Å²) in [5, 5.41) is 28.6. The Morgan fingerprint density at radius 1 is 0.500 bits per heavy atom. The van der Waals surface area contributed by atoms with Crippen LogP contribution in [0.25, 0.3) is 32.7 Å². The molecule has 0 fully saturated rings. The first-order valence-corrected chi connectivity index (χ1v) is 7.13. The molecule has 4 rings (SSSR count). The van der Waals surface area contributed by atoms with Gasteiger partial charge in [0, 0.05) is 0 Å². The molecule has 2 nitrogen and oxygen atoms in total. The quantitative estimate of drug-likeness (QED) is 0.330. The third-order valence-corrected chi connectivity index (χ3v) is 4.03. The maximum absolute atomic E-state index is 12.5. The second-order valence-corrected chi connectivity index (χ2v) is 5.32. The second-order valence-electron chi connectivity index (χ2n) is 5.32. The van der Waals surface area contributed by atoms with Crippen molar-refractivity contribution in [3.05, 3.63) is 72.8 Å². The molecule has 0 aromatic heterocycles. The molecule has 0 amide bonds. The van der Waals surface area contributed by atoms with Crippen molar-refractivity contribution < 1.29 is 69.8 Å². The molecule has 0 saturated heterocycles. The van der Waals surface area contributed by atoms with Gasteiger partial charge < -0.3 is 34.2 Å². The SMILES string of the molecule is [I-].[La+3].[O-]c1ccc2ccccc2c1-c1c([O-])ccc2ccccc12. The van der Waals surface area contributed by atoms with Crippen LogP contribution in [0.15, 0.2) is 72.8 Å². The summed E-state index contributed by atoms with van der Waals surface area (Å²) in [4.78, 5) is 0. The summed E-state index contributed by atoms with van der Waals surface area (Å²) in [7, 11) is 0. The zero-order valence-corrected chi connectivity index (χ0v) is 18.5. The van der Waals surface area contributed by atoms with Gasteiger partial charge in [0.2, 0.25) is 0 Å². The molecule has 0 unspecified atom stereocenters. The van der Waals surface area contributed by atoms with Crippen molar-refractivity contribution in [3.63, 3.8) is 0 Å². The monoisotopic (exact) mass is 550 g/mol. The van der Waals surface area contributed by atoms with Crippen molar-refractivity contribution in [2.45, 2.75) is 0 Å². The van der Waals surface area contributed by atoms with Gasteiger partial charge in [0.1, 0.15) is 0 Å². The van der Waals surface area contributed by atoms with Crippen LogP contribution in [0.5, 0.6) is 11.5 Å². The van der Waals surface area contributed by atoms with Gasteiger partial charge in [0.25, 0.3) is 0 Å². The van der Waals surface area contributed by atoms with Gasteiger partial charge in [-0.1, -0.05) is 72.8 Å². The van der Waals surface area contributed by atoms with Gasteiger partial charge in [-0.2, -0.15) is 0 Å². The van der Waals surface area contributed by atoms with E-state index in [9.17, 15) is 10.2 Å². The predicted molar refractivity (Wildman–Crippen MR) is 85.8 cm³/mol. The Morgan fingerprint density at radius 2 is 0.875 bits per heavy atom. The number of hydrogen-bond acceptors (Lipinski definition) is 2. The summed E-state index contributed by atoms with van der Waals surface area (Å²) < 4.78 is 0. The van der Waals surface area contributed by atoms with Gasteiger partial charge in [-0.15, -0.1) is 11.5 Å². The van der Waals surface area contributed by atoms with E-state index in [0.29, 0.717) is 11.1 Å². The summed E-state index contributed by atoms with van der Waals surface area (Å²) in [5.74, 6) is -0.237. The largest absolute Gasteiger partial charge is 3.00 e. The molecule has 4 aromatic rings. The van der Waals surface area contributed by atoms with Crippen LogP contribution in [0.1, 0.15) is 0 Å². The van der Waals surface area contributed by atoms with Crippen LogP contribution in [0.3, 0.4) is 0 Å². The molecule has 114 valence electrons. The molecular formula is C20H12ILaO2. The van der Waals surface area contributed by atoms with Crippen molar-refractivity contribution in [1.82, 2.24) is 0 Å². The zero-order chi connectivity index (χ0) is 15.1. The summed E-state index contributed by atoms with van der Waals surface area (Å²) >= 11 is 0. The predicted octanol–water partition coefficient (Wildman–Crippen LogP) is 0.811. The van der Waals surface area contributed by atoms with Gasteiger partial charge >= 0.3 is 35.6 Å². The fraction of sp³-hybridized carbons (Fsp3) is 0. The fourth-order valence-corrected chi connectivity index (χ4v) is 3.02. The summed E-state index contributed by atoms with van der Waals surface area (Å²) in [6.45, 7) is 0. The number of fused-ring (bicyclic) bond motifs is 2. The first-order valence-electron chi connectivity index (χ1n) is 7.13. The number of benzene rings is 4. The van der Waals surface area contributed by atoms with Gasteiger partial charge in [0.15, 0.2) is 0 Å². The Bertz CT molecular complexity index is 931. The van der Waals surface area contributed by atoms with Crippen LogP contribution >= 0.6 is 0 Å². The maximum atomic E-state index is 12.5. The van der Waals surface area contributed by atoms with Crippen LogP contribution in [0.2, 0.25) is 0 Å². The molecular weight excluding hydrogens is 538 g/mol. The second kappa shape index (κ2) is 7.87. The summed E-state index contributed by atoms with van der Waals surface area (Å²) in [5.41, 5.74) is 1.000. The van der Waals surface area contributed by atoms with E-state index >= 15 is 0 Å². The molecule has 0 bridgehead atoms. The molecule has 0 N–H and O–H groups in total. The maximum Gasteiger partial charge on any atom is 3.00 e. The average molecular weight is 550 g/mol. The molecule has 0 radical (unpaired) electrons. The van der Waals surface area contributed by atoms with Crippen LogP contribution in [0, 0.1) is 35.6 Å². The van der Waals surface area contributed by atoms with E-state index in [0.717, 1.165) is 21.5 Å². The minimum absolute atomic E-state index is 0. The van der Waals surface area contributed by atoms with E-state index in [-0.39, 0.29) is 71.1 Å². The molecule has 0 spiro atoms. The van der Waals surface area contributed by atoms with E-state index < -0.39 is 0 Å². The van der Waals surface area contributed by atoms with Crippen LogP contribution in [0.4, 0.5) is 0 Å². The molecule has 0 aliphatic heterocycles. The Morgan fingerprint density at radius 3 is 1.29 bits per heavy atom. The summed E-state index contributed by atoms with van der Waals surface area (Å²) in [6, 6.07) is 22.0. The first kappa shape index (κ1) is 19.3. The molecule has 4 heteroatoms. The molecule has 24 heavy (non-hydrogen) atoms. The van der Waals surface area contributed by atoms with E-state index in [1.54, 1.807) is 24.3 Å². The number of rotatable bonds is 1. The van der Waals surface area contributed by atoms with Crippen molar-refractivity contribution in [3.8, 4) is 22.6 Å². The Labute approximate surface area is 185 Å². The minimum Gasteiger partial charge on any atom is -1.00 e. The third kappa shape index (κ3) is 3.20. The minimum atomic E-state index is -0.118. The van der Waals surface area contributed by atoms with Gasteiger partial charge in [-0.25, -0.2) is 0 Å². The van der Waals surface area contributed by atoms with E-state index in [4.69, 9.17) is 0 Å². The molecule has 0 atom stereocenters. The first-order chi connectivity index (χ1) is 10.8. The molecule has 4 aromatic carbocycles. The Hall–Kier alpha value is -1.08. The molecule has 0 aliphatic carbocycles. The average Bonchev–Trinajstić information content (AvgIpc) is 2.56. The van der Waals surface area contributed by atoms with Crippen molar-refractivity contribution in [2.24, 2.45) is 0 Å². The molecule has 0 heterocycles. The Balaban J connectivity index is 0.00000104. The molecule has 0 aliphatic rings. The van der Waals surface area contributed by atoms with Crippen molar-refractivity contribution in [2.75, 3.05) is 0 Å². The zero-order valence-electron chi connectivity index (χ0n) is 12.7. The normalized spacial score (nSPS) is 10.2. The van der Waals surface area contributed by atoms with E-state index in [1.807, 2.05) is 48.5 Å². The summed E-state index contributed by atoms with van der Waals surface area (Å²) in [6.07, 6.45) is 0. The fourth-order valence-electron chi connectivity index (χ4n) is 3.02.